The standard InChI is InChI=1S/C15H21N3O/c1-4-15(5-2,6-3)18-14(19)11-7-8-12-13(9-11)17-10-16-12/h7-10H,4-6H2,1-3H3,(H,16,17)(H,18,19). The van der Waals surface area contributed by atoms with Crippen LogP contribution in [-0.2, 0) is 0 Å². The molecule has 0 saturated carbocycles. The zero-order valence-corrected chi connectivity index (χ0v) is 11.8. The van der Waals surface area contributed by atoms with Crippen LogP contribution in [0.1, 0.15) is 50.4 Å². The lowest BCUT2D eigenvalue weighted by atomic mass is 9.89. The molecule has 0 radical (unpaired) electrons. The van der Waals surface area contributed by atoms with E-state index in [0.717, 1.165) is 30.3 Å². The van der Waals surface area contributed by atoms with E-state index in [1.807, 2.05) is 18.2 Å². The molecule has 102 valence electrons. The molecule has 0 spiro atoms. The molecule has 0 aliphatic heterocycles. The zero-order valence-electron chi connectivity index (χ0n) is 11.8. The molecule has 0 aliphatic carbocycles. The van der Waals surface area contributed by atoms with Crippen LogP contribution in [0, 0.1) is 0 Å². The Labute approximate surface area is 113 Å². The van der Waals surface area contributed by atoms with Gasteiger partial charge in [0.15, 0.2) is 0 Å². The molecular weight excluding hydrogens is 238 g/mol. The third kappa shape index (κ3) is 2.62. The summed E-state index contributed by atoms with van der Waals surface area (Å²) in [5, 5.41) is 3.18. The van der Waals surface area contributed by atoms with Crippen LogP contribution in [0.2, 0.25) is 0 Å². The minimum atomic E-state index is -0.0972. The molecule has 1 heterocycles. The summed E-state index contributed by atoms with van der Waals surface area (Å²) in [4.78, 5) is 19.5. The van der Waals surface area contributed by atoms with E-state index in [0.29, 0.717) is 5.56 Å². The number of nitrogens with one attached hydrogen (secondary N) is 2. The maximum atomic E-state index is 12.4. The van der Waals surface area contributed by atoms with E-state index in [1.165, 1.54) is 0 Å². The Balaban J connectivity index is 2.23. The number of hydrogen-bond acceptors (Lipinski definition) is 2. The molecule has 2 N–H and O–H groups in total. The summed E-state index contributed by atoms with van der Waals surface area (Å²) in [5.41, 5.74) is 2.35. The predicted octanol–water partition coefficient (Wildman–Crippen LogP) is 3.26. The minimum absolute atomic E-state index is 0.0120. The molecule has 0 unspecified atom stereocenters. The second kappa shape index (κ2) is 5.43. The van der Waals surface area contributed by atoms with E-state index in [9.17, 15) is 4.79 Å². The Bertz CT molecular complexity index is 561. The van der Waals surface area contributed by atoms with Gasteiger partial charge in [-0.3, -0.25) is 4.79 Å². The van der Waals surface area contributed by atoms with E-state index >= 15 is 0 Å². The van der Waals surface area contributed by atoms with E-state index in [-0.39, 0.29) is 11.4 Å². The van der Waals surface area contributed by atoms with Crippen molar-refractivity contribution in [2.75, 3.05) is 0 Å². The molecule has 1 aromatic heterocycles. The normalized spacial score (nSPS) is 11.7. The lowest BCUT2D eigenvalue weighted by Crippen LogP contribution is -2.47. The van der Waals surface area contributed by atoms with Crippen molar-refractivity contribution in [2.45, 2.75) is 45.6 Å². The van der Waals surface area contributed by atoms with Crippen molar-refractivity contribution in [1.82, 2.24) is 15.3 Å². The van der Waals surface area contributed by atoms with Crippen molar-refractivity contribution in [2.24, 2.45) is 0 Å². The van der Waals surface area contributed by atoms with Crippen LogP contribution in [0.5, 0.6) is 0 Å². The fourth-order valence-corrected chi connectivity index (χ4v) is 2.40. The SMILES string of the molecule is CCC(CC)(CC)NC(=O)c1ccc2nc[nH]c2c1. The number of nitrogens with zero attached hydrogens (tertiary/aromatic N) is 1. The highest BCUT2D eigenvalue weighted by molar-refractivity contribution is 5.97. The number of H-pyrrole nitrogens is 1. The number of aromatic nitrogens is 2. The summed E-state index contributed by atoms with van der Waals surface area (Å²) in [6, 6.07) is 5.54. The molecule has 0 aliphatic rings. The summed E-state index contributed by atoms with van der Waals surface area (Å²) in [5.74, 6) is -0.0120. The molecule has 0 saturated heterocycles. The van der Waals surface area contributed by atoms with Gasteiger partial charge in [0.05, 0.1) is 17.4 Å². The maximum Gasteiger partial charge on any atom is 0.251 e. The number of fused-ring (bicyclic) bond motifs is 1. The van der Waals surface area contributed by atoms with Crippen LogP contribution in [0.3, 0.4) is 0 Å². The van der Waals surface area contributed by atoms with Gasteiger partial charge in [-0.15, -0.1) is 0 Å². The van der Waals surface area contributed by atoms with Crippen LogP contribution < -0.4 is 5.32 Å². The molecular formula is C15H21N3O. The zero-order chi connectivity index (χ0) is 13.9. The van der Waals surface area contributed by atoms with Crippen molar-refractivity contribution >= 4 is 16.9 Å². The van der Waals surface area contributed by atoms with Gasteiger partial charge >= 0.3 is 0 Å². The number of carbonyl (C=O) groups is 1. The summed E-state index contributed by atoms with van der Waals surface area (Å²) < 4.78 is 0. The van der Waals surface area contributed by atoms with Crippen molar-refractivity contribution in [1.29, 1.82) is 0 Å². The molecule has 1 amide bonds. The highest BCUT2D eigenvalue weighted by Crippen LogP contribution is 2.20. The third-order valence-electron chi connectivity index (χ3n) is 4.09. The second-order valence-corrected chi connectivity index (χ2v) is 4.93. The number of hydrogen-bond donors (Lipinski definition) is 2. The van der Waals surface area contributed by atoms with Gasteiger partial charge in [0, 0.05) is 11.1 Å². The number of amides is 1. The highest BCUT2D eigenvalue weighted by Gasteiger charge is 2.26. The Hall–Kier alpha value is -1.84. The smallest absolute Gasteiger partial charge is 0.251 e. The number of aromatic amines is 1. The highest BCUT2D eigenvalue weighted by atomic mass is 16.1. The largest absolute Gasteiger partial charge is 0.347 e. The Kier molecular flexibility index (Phi) is 3.88. The molecule has 19 heavy (non-hydrogen) atoms. The number of benzene rings is 1. The van der Waals surface area contributed by atoms with E-state index < -0.39 is 0 Å². The van der Waals surface area contributed by atoms with Gasteiger partial charge in [-0.1, -0.05) is 20.8 Å². The van der Waals surface area contributed by atoms with Crippen molar-refractivity contribution in [3.8, 4) is 0 Å². The summed E-state index contributed by atoms with van der Waals surface area (Å²) >= 11 is 0. The van der Waals surface area contributed by atoms with Crippen LogP contribution in [0.4, 0.5) is 0 Å². The van der Waals surface area contributed by atoms with Gasteiger partial charge in [0.2, 0.25) is 0 Å². The van der Waals surface area contributed by atoms with E-state index in [4.69, 9.17) is 0 Å². The van der Waals surface area contributed by atoms with Gasteiger partial charge in [-0.05, 0) is 37.5 Å². The minimum Gasteiger partial charge on any atom is -0.347 e. The first-order valence-electron chi connectivity index (χ1n) is 6.89. The lowest BCUT2D eigenvalue weighted by molar-refractivity contribution is 0.0888. The molecule has 0 fully saturated rings. The van der Waals surface area contributed by atoms with Gasteiger partial charge in [0.1, 0.15) is 0 Å². The van der Waals surface area contributed by atoms with E-state index in [1.54, 1.807) is 6.33 Å². The number of imidazole rings is 1. The first-order chi connectivity index (χ1) is 9.14. The van der Waals surface area contributed by atoms with Crippen molar-refractivity contribution in [3.63, 3.8) is 0 Å². The van der Waals surface area contributed by atoms with Crippen LogP contribution in [-0.4, -0.2) is 21.4 Å². The van der Waals surface area contributed by atoms with Gasteiger partial charge in [-0.2, -0.15) is 0 Å². The topological polar surface area (TPSA) is 57.8 Å². The molecule has 0 bridgehead atoms. The summed E-state index contributed by atoms with van der Waals surface area (Å²) in [7, 11) is 0. The lowest BCUT2D eigenvalue weighted by Gasteiger charge is -2.31. The summed E-state index contributed by atoms with van der Waals surface area (Å²) in [6.45, 7) is 6.35. The van der Waals surface area contributed by atoms with Crippen LogP contribution in [0.25, 0.3) is 11.0 Å². The number of rotatable bonds is 5. The Morgan fingerprint density at radius 3 is 2.58 bits per heavy atom. The van der Waals surface area contributed by atoms with Gasteiger partial charge in [0.25, 0.3) is 5.91 Å². The summed E-state index contributed by atoms with van der Waals surface area (Å²) in [6.07, 6.45) is 4.47. The molecule has 2 rings (SSSR count). The fraction of sp³-hybridized carbons (Fsp3) is 0.467. The first kappa shape index (κ1) is 13.6. The Morgan fingerprint density at radius 2 is 1.95 bits per heavy atom. The average molecular weight is 259 g/mol. The second-order valence-electron chi connectivity index (χ2n) is 4.93. The van der Waals surface area contributed by atoms with E-state index in [2.05, 4.69) is 36.1 Å². The fourth-order valence-electron chi connectivity index (χ4n) is 2.40. The average Bonchev–Trinajstić information content (AvgIpc) is 2.92. The van der Waals surface area contributed by atoms with Crippen molar-refractivity contribution < 1.29 is 4.79 Å². The molecule has 4 nitrogen and oxygen atoms in total. The van der Waals surface area contributed by atoms with Gasteiger partial charge in [-0.25, -0.2) is 4.98 Å². The molecule has 4 heteroatoms. The van der Waals surface area contributed by atoms with Crippen LogP contribution >= 0.6 is 0 Å². The molecule has 1 aromatic carbocycles. The third-order valence-corrected chi connectivity index (χ3v) is 4.09. The monoisotopic (exact) mass is 259 g/mol. The quantitative estimate of drug-likeness (QED) is 0.865. The molecule has 2 aromatic rings. The Morgan fingerprint density at radius 1 is 1.26 bits per heavy atom. The van der Waals surface area contributed by atoms with Gasteiger partial charge < -0.3 is 10.3 Å². The van der Waals surface area contributed by atoms with Crippen LogP contribution in [0.15, 0.2) is 24.5 Å². The number of carbonyl (C=O) groups excluding carboxylic acids is 1. The maximum absolute atomic E-state index is 12.4. The first-order valence-corrected chi connectivity index (χ1v) is 6.89. The molecule has 0 atom stereocenters. The predicted molar refractivity (Wildman–Crippen MR) is 77.2 cm³/mol. The van der Waals surface area contributed by atoms with Crippen molar-refractivity contribution in [3.05, 3.63) is 30.1 Å².